The van der Waals surface area contributed by atoms with Crippen LogP contribution in [0.4, 0.5) is 5.69 Å². The van der Waals surface area contributed by atoms with E-state index in [4.69, 9.17) is 4.42 Å². The molecule has 4 rings (SSSR count). The van der Waals surface area contributed by atoms with Crippen LogP contribution in [0.1, 0.15) is 40.9 Å². The van der Waals surface area contributed by atoms with E-state index in [0.29, 0.717) is 31.7 Å². The lowest BCUT2D eigenvalue weighted by molar-refractivity contribution is -0.123. The SMILES string of the molecule is Cc1cc(Br)cc2c1N(C(=O)C1CCN(C(=O)c3ccco3)CC1)CCC2. The first kappa shape index (κ1) is 18.3. The monoisotopic (exact) mass is 430 g/mol. The minimum Gasteiger partial charge on any atom is -0.459 e. The largest absolute Gasteiger partial charge is 0.459 e. The molecule has 27 heavy (non-hydrogen) atoms. The Bertz CT molecular complexity index is 855. The fraction of sp³-hybridized carbons (Fsp3) is 0.429. The number of fused-ring (bicyclic) bond motifs is 1. The molecule has 5 nitrogen and oxygen atoms in total. The number of furan rings is 1. The number of benzene rings is 1. The number of rotatable bonds is 2. The highest BCUT2D eigenvalue weighted by molar-refractivity contribution is 9.10. The van der Waals surface area contributed by atoms with Crippen molar-refractivity contribution in [3.05, 3.63) is 51.9 Å². The molecular weight excluding hydrogens is 408 g/mol. The molecule has 142 valence electrons. The molecule has 6 heteroatoms. The van der Waals surface area contributed by atoms with Crippen LogP contribution in [-0.4, -0.2) is 36.3 Å². The molecule has 0 radical (unpaired) electrons. The highest BCUT2D eigenvalue weighted by Crippen LogP contribution is 2.35. The number of carbonyl (C=O) groups is 2. The van der Waals surface area contributed by atoms with Gasteiger partial charge in [0.1, 0.15) is 0 Å². The molecular formula is C21H23BrN2O3. The number of likely N-dealkylation sites (tertiary alicyclic amines) is 1. The van der Waals surface area contributed by atoms with Gasteiger partial charge in [0.15, 0.2) is 5.76 Å². The summed E-state index contributed by atoms with van der Waals surface area (Å²) < 4.78 is 6.28. The van der Waals surface area contributed by atoms with Crippen LogP contribution >= 0.6 is 15.9 Å². The van der Waals surface area contributed by atoms with Gasteiger partial charge in [0, 0.05) is 35.7 Å². The van der Waals surface area contributed by atoms with E-state index in [1.807, 2.05) is 4.90 Å². The van der Waals surface area contributed by atoms with Gasteiger partial charge in [-0.3, -0.25) is 9.59 Å². The summed E-state index contributed by atoms with van der Waals surface area (Å²) in [4.78, 5) is 29.4. The van der Waals surface area contributed by atoms with Crippen LogP contribution in [0.25, 0.3) is 0 Å². The number of aryl methyl sites for hydroxylation is 2. The topological polar surface area (TPSA) is 53.8 Å². The number of carbonyl (C=O) groups excluding carboxylic acids is 2. The summed E-state index contributed by atoms with van der Waals surface area (Å²) in [7, 11) is 0. The molecule has 2 amide bonds. The Morgan fingerprint density at radius 3 is 2.67 bits per heavy atom. The van der Waals surface area contributed by atoms with Gasteiger partial charge in [-0.15, -0.1) is 0 Å². The van der Waals surface area contributed by atoms with Crippen molar-refractivity contribution < 1.29 is 14.0 Å². The molecule has 2 aromatic rings. The van der Waals surface area contributed by atoms with Gasteiger partial charge in [0.05, 0.1) is 6.26 Å². The number of nitrogens with zero attached hydrogens (tertiary/aromatic N) is 2. The number of hydrogen-bond acceptors (Lipinski definition) is 3. The van der Waals surface area contributed by atoms with Crippen LogP contribution in [0.3, 0.4) is 0 Å². The molecule has 0 saturated carbocycles. The summed E-state index contributed by atoms with van der Waals surface area (Å²) in [6.07, 6.45) is 4.91. The second-order valence-corrected chi connectivity index (χ2v) is 8.28. The van der Waals surface area contributed by atoms with Gasteiger partial charge in [-0.05, 0) is 68.0 Å². The molecule has 3 heterocycles. The fourth-order valence-electron chi connectivity index (χ4n) is 4.25. The van der Waals surface area contributed by atoms with Crippen molar-refractivity contribution in [1.29, 1.82) is 0 Å². The van der Waals surface area contributed by atoms with Crippen LogP contribution in [0.15, 0.2) is 39.4 Å². The third-order valence-electron chi connectivity index (χ3n) is 5.57. The van der Waals surface area contributed by atoms with Gasteiger partial charge in [0.25, 0.3) is 5.91 Å². The molecule has 0 bridgehead atoms. The zero-order valence-corrected chi connectivity index (χ0v) is 17.0. The highest BCUT2D eigenvalue weighted by Gasteiger charge is 2.33. The molecule has 2 aliphatic rings. The van der Waals surface area contributed by atoms with Gasteiger partial charge in [-0.1, -0.05) is 15.9 Å². The van der Waals surface area contributed by atoms with E-state index in [0.717, 1.165) is 35.1 Å². The lowest BCUT2D eigenvalue weighted by atomic mass is 9.92. The molecule has 1 fully saturated rings. The van der Waals surface area contributed by atoms with Gasteiger partial charge in [-0.25, -0.2) is 0 Å². The Balaban J connectivity index is 1.46. The van der Waals surface area contributed by atoms with Gasteiger partial charge >= 0.3 is 0 Å². The van der Waals surface area contributed by atoms with Crippen molar-refractivity contribution in [2.45, 2.75) is 32.6 Å². The van der Waals surface area contributed by atoms with E-state index >= 15 is 0 Å². The third kappa shape index (κ3) is 3.55. The van der Waals surface area contributed by atoms with E-state index in [9.17, 15) is 9.59 Å². The average molecular weight is 431 g/mol. The van der Waals surface area contributed by atoms with E-state index in [1.54, 1.807) is 17.0 Å². The maximum absolute atomic E-state index is 13.3. The molecule has 1 aromatic carbocycles. The Morgan fingerprint density at radius 2 is 1.96 bits per heavy atom. The summed E-state index contributed by atoms with van der Waals surface area (Å²) >= 11 is 3.56. The highest BCUT2D eigenvalue weighted by atomic mass is 79.9. The number of halogens is 1. The molecule has 0 aliphatic carbocycles. The molecule has 0 spiro atoms. The van der Waals surface area contributed by atoms with Crippen molar-refractivity contribution in [3.63, 3.8) is 0 Å². The first-order chi connectivity index (χ1) is 13.0. The Hall–Kier alpha value is -2.08. The summed E-state index contributed by atoms with van der Waals surface area (Å²) in [5.74, 6) is 0.451. The van der Waals surface area contributed by atoms with Crippen molar-refractivity contribution in [2.24, 2.45) is 5.92 Å². The van der Waals surface area contributed by atoms with Crippen LogP contribution in [0.5, 0.6) is 0 Å². The second-order valence-electron chi connectivity index (χ2n) is 7.37. The zero-order chi connectivity index (χ0) is 19.0. The number of hydrogen-bond donors (Lipinski definition) is 0. The maximum atomic E-state index is 13.3. The molecule has 0 unspecified atom stereocenters. The van der Waals surface area contributed by atoms with Gasteiger partial charge < -0.3 is 14.2 Å². The minimum absolute atomic E-state index is 0.0281. The smallest absolute Gasteiger partial charge is 0.289 e. The Labute approximate surface area is 167 Å². The predicted molar refractivity (Wildman–Crippen MR) is 107 cm³/mol. The molecule has 0 N–H and O–H groups in total. The van der Waals surface area contributed by atoms with E-state index in [1.165, 1.54) is 11.8 Å². The average Bonchev–Trinajstić information content (AvgIpc) is 3.21. The second kappa shape index (κ2) is 7.50. The van der Waals surface area contributed by atoms with Crippen molar-refractivity contribution >= 4 is 33.4 Å². The summed E-state index contributed by atoms with van der Waals surface area (Å²) in [5, 5.41) is 0. The maximum Gasteiger partial charge on any atom is 0.289 e. The van der Waals surface area contributed by atoms with Crippen molar-refractivity contribution in [2.75, 3.05) is 24.5 Å². The molecule has 2 aliphatic heterocycles. The van der Waals surface area contributed by atoms with Crippen molar-refractivity contribution in [3.8, 4) is 0 Å². The van der Waals surface area contributed by atoms with Crippen LogP contribution in [0.2, 0.25) is 0 Å². The molecule has 1 saturated heterocycles. The van der Waals surface area contributed by atoms with Crippen molar-refractivity contribution in [1.82, 2.24) is 4.90 Å². The van der Waals surface area contributed by atoms with E-state index < -0.39 is 0 Å². The van der Waals surface area contributed by atoms with Crippen LogP contribution in [-0.2, 0) is 11.2 Å². The first-order valence-corrected chi connectivity index (χ1v) is 10.3. The Kier molecular flexibility index (Phi) is 5.08. The van der Waals surface area contributed by atoms with E-state index in [-0.39, 0.29) is 17.7 Å². The van der Waals surface area contributed by atoms with Crippen LogP contribution < -0.4 is 4.90 Å². The summed E-state index contributed by atoms with van der Waals surface area (Å²) in [6.45, 7) is 4.03. The normalized spacial score (nSPS) is 17.7. The van der Waals surface area contributed by atoms with Gasteiger partial charge in [-0.2, -0.15) is 0 Å². The summed E-state index contributed by atoms with van der Waals surface area (Å²) in [5.41, 5.74) is 3.47. The predicted octanol–water partition coefficient (Wildman–Crippen LogP) is 4.18. The third-order valence-corrected chi connectivity index (χ3v) is 6.03. The molecule has 1 aromatic heterocycles. The van der Waals surface area contributed by atoms with E-state index in [2.05, 4.69) is 35.0 Å². The molecule has 0 atom stereocenters. The standard InChI is InChI=1S/C21H23BrN2O3/c1-14-12-17(22)13-16-4-2-8-24(19(14)16)20(25)15-6-9-23(10-7-15)21(26)18-5-3-11-27-18/h3,5,11-13,15H,2,4,6-10H2,1H3. The number of piperidine rings is 1. The lowest BCUT2D eigenvalue weighted by Gasteiger charge is -2.37. The number of anilines is 1. The number of amides is 2. The summed E-state index contributed by atoms with van der Waals surface area (Å²) in [6, 6.07) is 7.62. The quantitative estimate of drug-likeness (QED) is 0.717. The fourth-order valence-corrected chi connectivity index (χ4v) is 4.87. The Morgan fingerprint density at radius 1 is 1.19 bits per heavy atom. The lowest BCUT2D eigenvalue weighted by Crippen LogP contribution is -2.46. The first-order valence-electron chi connectivity index (χ1n) is 9.48. The van der Waals surface area contributed by atoms with Gasteiger partial charge in [0.2, 0.25) is 5.91 Å². The zero-order valence-electron chi connectivity index (χ0n) is 15.4. The minimum atomic E-state index is -0.0880. The van der Waals surface area contributed by atoms with Crippen LogP contribution in [0, 0.1) is 12.8 Å².